The van der Waals surface area contributed by atoms with Gasteiger partial charge < -0.3 is 5.32 Å². The molecular formula is C21H38N6O. The van der Waals surface area contributed by atoms with E-state index in [9.17, 15) is 5.26 Å². The Hall–Kier alpha value is -0.750. The molecule has 0 radical (unpaired) electrons. The van der Waals surface area contributed by atoms with Gasteiger partial charge in [-0.05, 0) is 71.5 Å². The molecule has 7 atom stereocenters. The number of likely N-dealkylation sites (tertiary alicyclic amines) is 1. The van der Waals surface area contributed by atoms with Crippen molar-refractivity contribution in [3.8, 4) is 6.07 Å². The minimum absolute atomic E-state index is 0.0782. The molecule has 0 aromatic rings. The highest BCUT2D eigenvalue weighted by atomic mass is 16.7. The number of piperidine rings is 1. The number of hydroxylamine groups is 1. The standard InChI is InChI=1S/C21H38N6O/c1-26(2)19-9-8-17(13-23-19)20-24-21(28-25-20)18-7-4-10-27(18)14-16-6-3-5-15(11-16)12-22/h15-21,23-25H,3-11,13-14H2,1-2H3. The minimum atomic E-state index is 0.0782. The molecule has 158 valence electrons. The first-order chi connectivity index (χ1) is 13.6. The molecular weight excluding hydrogens is 352 g/mol. The maximum absolute atomic E-state index is 9.28. The van der Waals surface area contributed by atoms with Gasteiger partial charge in [0.2, 0.25) is 0 Å². The van der Waals surface area contributed by atoms with Crippen LogP contribution in [0.2, 0.25) is 0 Å². The lowest BCUT2D eigenvalue weighted by Crippen LogP contribution is -2.54. The Balaban J connectivity index is 1.27. The zero-order valence-corrected chi connectivity index (χ0v) is 17.6. The van der Waals surface area contributed by atoms with Crippen LogP contribution in [-0.2, 0) is 4.84 Å². The van der Waals surface area contributed by atoms with Gasteiger partial charge >= 0.3 is 0 Å². The number of nitriles is 1. The molecule has 1 aliphatic carbocycles. The van der Waals surface area contributed by atoms with Crippen LogP contribution < -0.4 is 16.1 Å². The van der Waals surface area contributed by atoms with Crippen LogP contribution in [0.3, 0.4) is 0 Å². The van der Waals surface area contributed by atoms with Crippen LogP contribution in [0.5, 0.6) is 0 Å². The predicted molar refractivity (Wildman–Crippen MR) is 109 cm³/mol. The number of hydrogen-bond acceptors (Lipinski definition) is 7. The Morgan fingerprint density at radius 3 is 2.79 bits per heavy atom. The van der Waals surface area contributed by atoms with Crippen LogP contribution in [0.4, 0.5) is 0 Å². The molecule has 0 amide bonds. The van der Waals surface area contributed by atoms with Crippen LogP contribution in [-0.4, -0.2) is 68.1 Å². The molecule has 3 saturated heterocycles. The maximum atomic E-state index is 9.28. The average molecular weight is 391 g/mol. The van der Waals surface area contributed by atoms with Gasteiger partial charge in [-0.2, -0.15) is 10.7 Å². The third-order valence-corrected chi connectivity index (χ3v) is 7.41. The molecule has 0 aromatic carbocycles. The zero-order chi connectivity index (χ0) is 19.5. The number of nitrogens with zero attached hydrogens (tertiary/aromatic N) is 3. The van der Waals surface area contributed by atoms with Gasteiger partial charge in [0.05, 0.1) is 24.4 Å². The molecule has 28 heavy (non-hydrogen) atoms. The van der Waals surface area contributed by atoms with E-state index in [1.807, 2.05) is 0 Å². The first-order valence-electron chi connectivity index (χ1n) is 11.3. The third kappa shape index (κ3) is 4.69. The quantitative estimate of drug-likeness (QED) is 0.656. The van der Waals surface area contributed by atoms with Gasteiger partial charge in [-0.1, -0.05) is 6.42 Å². The summed E-state index contributed by atoms with van der Waals surface area (Å²) in [5.74, 6) is 1.51. The molecule has 3 heterocycles. The summed E-state index contributed by atoms with van der Waals surface area (Å²) in [6.07, 6.45) is 10.3. The normalized spacial score (nSPS) is 42.7. The van der Waals surface area contributed by atoms with Crippen molar-refractivity contribution in [2.45, 2.75) is 76.0 Å². The molecule has 4 fully saturated rings. The van der Waals surface area contributed by atoms with Crippen molar-refractivity contribution in [1.82, 2.24) is 25.9 Å². The first kappa shape index (κ1) is 20.5. The Labute approximate surface area is 170 Å². The summed E-state index contributed by atoms with van der Waals surface area (Å²) in [4.78, 5) is 10.9. The Morgan fingerprint density at radius 1 is 1.14 bits per heavy atom. The first-order valence-corrected chi connectivity index (χ1v) is 11.3. The van der Waals surface area contributed by atoms with E-state index in [0.717, 1.165) is 25.9 Å². The summed E-state index contributed by atoms with van der Waals surface area (Å²) in [5, 5.41) is 16.7. The molecule has 7 unspecified atom stereocenters. The van der Waals surface area contributed by atoms with Gasteiger partial charge in [0.25, 0.3) is 0 Å². The molecule has 0 spiro atoms. The van der Waals surface area contributed by atoms with Crippen molar-refractivity contribution >= 4 is 0 Å². The Bertz CT molecular complexity index is 544. The lowest BCUT2D eigenvalue weighted by atomic mass is 9.82. The van der Waals surface area contributed by atoms with Crippen molar-refractivity contribution in [3.63, 3.8) is 0 Å². The van der Waals surface area contributed by atoms with Crippen molar-refractivity contribution < 1.29 is 4.84 Å². The minimum Gasteiger partial charge on any atom is -0.301 e. The second kappa shape index (κ2) is 9.38. The molecule has 4 rings (SSSR count). The molecule has 7 nitrogen and oxygen atoms in total. The van der Waals surface area contributed by atoms with Gasteiger partial charge in [0, 0.05) is 24.9 Å². The molecule has 0 bridgehead atoms. The highest BCUT2D eigenvalue weighted by Gasteiger charge is 2.41. The number of nitrogens with one attached hydrogen (secondary N) is 3. The van der Waals surface area contributed by atoms with Gasteiger partial charge in [0.1, 0.15) is 6.23 Å². The summed E-state index contributed by atoms with van der Waals surface area (Å²) < 4.78 is 0. The number of hydrogen-bond donors (Lipinski definition) is 3. The van der Waals surface area contributed by atoms with E-state index in [4.69, 9.17) is 4.84 Å². The van der Waals surface area contributed by atoms with E-state index in [-0.39, 0.29) is 18.3 Å². The Morgan fingerprint density at radius 2 is 2.04 bits per heavy atom. The van der Waals surface area contributed by atoms with Crippen LogP contribution in [0, 0.1) is 29.1 Å². The molecule has 1 saturated carbocycles. The predicted octanol–water partition coefficient (Wildman–Crippen LogP) is 1.44. The maximum Gasteiger partial charge on any atom is 0.146 e. The molecule has 0 aromatic heterocycles. The molecule has 3 aliphatic heterocycles. The van der Waals surface area contributed by atoms with E-state index >= 15 is 0 Å². The zero-order valence-electron chi connectivity index (χ0n) is 17.6. The van der Waals surface area contributed by atoms with Crippen LogP contribution in [0.15, 0.2) is 0 Å². The van der Waals surface area contributed by atoms with Crippen LogP contribution >= 0.6 is 0 Å². The van der Waals surface area contributed by atoms with E-state index in [0.29, 0.717) is 24.0 Å². The molecule has 3 N–H and O–H groups in total. The van der Waals surface area contributed by atoms with E-state index in [2.05, 4.69) is 46.1 Å². The van der Waals surface area contributed by atoms with Gasteiger partial charge in [-0.15, -0.1) is 0 Å². The van der Waals surface area contributed by atoms with Crippen LogP contribution in [0.25, 0.3) is 0 Å². The van der Waals surface area contributed by atoms with Crippen LogP contribution in [0.1, 0.15) is 51.4 Å². The van der Waals surface area contributed by atoms with E-state index in [1.54, 1.807) is 0 Å². The van der Waals surface area contributed by atoms with Gasteiger partial charge in [-0.25, -0.2) is 0 Å². The molecule has 4 aliphatic rings. The largest absolute Gasteiger partial charge is 0.301 e. The fourth-order valence-corrected chi connectivity index (χ4v) is 5.73. The van der Waals surface area contributed by atoms with Gasteiger partial charge in [0.15, 0.2) is 0 Å². The topological polar surface area (TPSA) is 75.6 Å². The molecule has 7 heteroatoms. The third-order valence-electron chi connectivity index (χ3n) is 7.41. The van der Waals surface area contributed by atoms with E-state index < -0.39 is 0 Å². The monoisotopic (exact) mass is 390 g/mol. The number of rotatable bonds is 5. The Kier molecular flexibility index (Phi) is 6.87. The van der Waals surface area contributed by atoms with Crippen molar-refractivity contribution in [2.75, 3.05) is 33.7 Å². The van der Waals surface area contributed by atoms with Crippen molar-refractivity contribution in [1.29, 1.82) is 5.26 Å². The second-order valence-electron chi connectivity index (χ2n) is 9.59. The summed E-state index contributed by atoms with van der Waals surface area (Å²) >= 11 is 0. The lowest BCUT2D eigenvalue weighted by molar-refractivity contribution is -0.0275. The summed E-state index contributed by atoms with van der Waals surface area (Å²) in [5.41, 5.74) is 3.30. The average Bonchev–Trinajstić information content (AvgIpc) is 3.37. The van der Waals surface area contributed by atoms with Crippen molar-refractivity contribution in [3.05, 3.63) is 0 Å². The lowest BCUT2D eigenvalue weighted by Gasteiger charge is -2.36. The van der Waals surface area contributed by atoms with E-state index in [1.165, 1.54) is 45.1 Å². The fraction of sp³-hybridized carbons (Fsp3) is 0.952. The summed E-state index contributed by atoms with van der Waals surface area (Å²) in [6.45, 7) is 3.32. The second-order valence-corrected chi connectivity index (χ2v) is 9.59. The highest BCUT2D eigenvalue weighted by Crippen LogP contribution is 2.32. The summed E-state index contributed by atoms with van der Waals surface area (Å²) in [6, 6.07) is 2.95. The summed E-state index contributed by atoms with van der Waals surface area (Å²) in [7, 11) is 4.28. The SMILES string of the molecule is CN(C)C1CCC(C2NOC(C3CCCN3CC3CCCC(C#N)C3)N2)CN1. The van der Waals surface area contributed by atoms with Gasteiger partial charge in [-0.3, -0.25) is 20.0 Å². The smallest absolute Gasteiger partial charge is 0.146 e. The fourth-order valence-electron chi connectivity index (χ4n) is 5.73. The highest BCUT2D eigenvalue weighted by molar-refractivity contribution is 4.94. The van der Waals surface area contributed by atoms with Crippen molar-refractivity contribution in [2.24, 2.45) is 17.8 Å².